The zero-order chi connectivity index (χ0) is 19.9. The third kappa shape index (κ3) is 4.91. The molecule has 0 saturated carbocycles. The third-order valence-corrected chi connectivity index (χ3v) is 5.08. The molecule has 1 fully saturated rings. The lowest BCUT2D eigenvalue weighted by atomic mass is 10.0. The van der Waals surface area contributed by atoms with Crippen molar-refractivity contribution >= 4 is 17.4 Å². The van der Waals surface area contributed by atoms with E-state index in [4.69, 9.17) is 4.74 Å². The molecule has 0 aromatic heterocycles. The van der Waals surface area contributed by atoms with Crippen molar-refractivity contribution in [2.75, 3.05) is 37.7 Å². The summed E-state index contributed by atoms with van der Waals surface area (Å²) < 4.78 is 5.72. The van der Waals surface area contributed by atoms with Gasteiger partial charge >= 0.3 is 0 Å². The van der Waals surface area contributed by atoms with E-state index in [0.717, 1.165) is 30.1 Å². The Morgan fingerprint density at radius 2 is 1.61 bits per heavy atom. The van der Waals surface area contributed by atoms with Gasteiger partial charge in [0.2, 0.25) is 5.91 Å². The van der Waals surface area contributed by atoms with Gasteiger partial charge in [0.25, 0.3) is 0 Å². The fourth-order valence-corrected chi connectivity index (χ4v) is 3.46. The molecule has 1 amide bonds. The minimum absolute atomic E-state index is 0.0256. The number of piperazine rings is 1. The summed E-state index contributed by atoms with van der Waals surface area (Å²) in [6.45, 7) is 7.46. The fraction of sp³-hybridized carbons (Fsp3) is 0.391. The van der Waals surface area contributed by atoms with Gasteiger partial charge in [0, 0.05) is 44.6 Å². The Bertz CT molecular complexity index is 809. The Balaban J connectivity index is 1.50. The van der Waals surface area contributed by atoms with Crippen LogP contribution in [0.4, 0.5) is 5.69 Å². The second kappa shape index (κ2) is 9.40. The summed E-state index contributed by atoms with van der Waals surface area (Å²) in [6, 6.07) is 15.5. The third-order valence-electron chi connectivity index (χ3n) is 5.08. The lowest BCUT2D eigenvalue weighted by Gasteiger charge is -2.36. The Kier molecular flexibility index (Phi) is 6.69. The van der Waals surface area contributed by atoms with E-state index in [1.165, 1.54) is 0 Å². The molecule has 0 bridgehead atoms. The van der Waals surface area contributed by atoms with E-state index in [0.29, 0.717) is 25.3 Å². The molecule has 1 saturated heterocycles. The summed E-state index contributed by atoms with van der Waals surface area (Å²) in [5.74, 6) is 0.962. The summed E-state index contributed by atoms with van der Waals surface area (Å²) in [5, 5.41) is 0. The van der Waals surface area contributed by atoms with Crippen molar-refractivity contribution in [3.8, 4) is 5.75 Å². The van der Waals surface area contributed by atoms with E-state index >= 15 is 0 Å². The molecule has 2 aromatic rings. The molecule has 3 rings (SSSR count). The summed E-state index contributed by atoms with van der Waals surface area (Å²) >= 11 is 0. The Labute approximate surface area is 166 Å². The molecular weight excluding hydrogens is 352 g/mol. The molecule has 0 atom stereocenters. The standard InChI is InChI=1S/C23H28N2O3/c1-3-28-22-7-5-4-6-20(22)24-14-16-25(17-15-24)23(27)13-12-21(26)19-10-8-18(2)9-11-19/h4-11H,3,12-17H2,1-2H3. The maximum atomic E-state index is 12.5. The number of aryl methyl sites for hydroxylation is 1. The van der Waals surface area contributed by atoms with Crippen LogP contribution in [0.2, 0.25) is 0 Å². The molecule has 0 radical (unpaired) electrons. The van der Waals surface area contributed by atoms with Crippen LogP contribution in [0.15, 0.2) is 48.5 Å². The van der Waals surface area contributed by atoms with E-state index in [-0.39, 0.29) is 24.5 Å². The number of anilines is 1. The van der Waals surface area contributed by atoms with Gasteiger partial charge in [0.05, 0.1) is 12.3 Å². The van der Waals surface area contributed by atoms with Crippen LogP contribution in [-0.4, -0.2) is 49.4 Å². The number of hydrogen-bond donors (Lipinski definition) is 0. The van der Waals surface area contributed by atoms with E-state index < -0.39 is 0 Å². The molecule has 1 aliphatic heterocycles. The van der Waals surface area contributed by atoms with Gasteiger partial charge in [-0.3, -0.25) is 9.59 Å². The number of carbonyl (C=O) groups excluding carboxylic acids is 2. The molecular formula is C23H28N2O3. The minimum Gasteiger partial charge on any atom is -0.492 e. The van der Waals surface area contributed by atoms with Crippen LogP contribution in [0.25, 0.3) is 0 Å². The number of benzene rings is 2. The molecule has 1 heterocycles. The molecule has 28 heavy (non-hydrogen) atoms. The fourth-order valence-electron chi connectivity index (χ4n) is 3.46. The van der Waals surface area contributed by atoms with Gasteiger partial charge in [0.15, 0.2) is 5.78 Å². The van der Waals surface area contributed by atoms with Crippen molar-refractivity contribution in [1.82, 2.24) is 4.90 Å². The first-order valence-electron chi connectivity index (χ1n) is 9.93. The summed E-state index contributed by atoms with van der Waals surface area (Å²) in [5.41, 5.74) is 2.87. The highest BCUT2D eigenvalue weighted by Gasteiger charge is 2.23. The van der Waals surface area contributed by atoms with Crippen molar-refractivity contribution < 1.29 is 14.3 Å². The second-order valence-corrected chi connectivity index (χ2v) is 7.06. The number of para-hydroxylation sites is 2. The van der Waals surface area contributed by atoms with Crippen LogP contribution < -0.4 is 9.64 Å². The molecule has 5 heteroatoms. The van der Waals surface area contributed by atoms with Crippen molar-refractivity contribution in [3.05, 3.63) is 59.7 Å². The Morgan fingerprint density at radius 1 is 0.929 bits per heavy atom. The highest BCUT2D eigenvalue weighted by Crippen LogP contribution is 2.28. The maximum absolute atomic E-state index is 12.5. The minimum atomic E-state index is 0.0256. The van der Waals surface area contributed by atoms with Crippen LogP contribution in [-0.2, 0) is 4.79 Å². The maximum Gasteiger partial charge on any atom is 0.223 e. The average Bonchev–Trinajstić information content (AvgIpc) is 2.73. The van der Waals surface area contributed by atoms with Crippen molar-refractivity contribution in [2.24, 2.45) is 0 Å². The Hall–Kier alpha value is -2.82. The number of ketones is 1. The zero-order valence-corrected chi connectivity index (χ0v) is 16.7. The molecule has 1 aliphatic rings. The summed E-state index contributed by atoms with van der Waals surface area (Å²) in [4.78, 5) is 28.9. The number of ether oxygens (including phenoxy) is 1. The molecule has 0 unspecified atom stereocenters. The second-order valence-electron chi connectivity index (χ2n) is 7.06. The van der Waals surface area contributed by atoms with Gasteiger partial charge in [-0.05, 0) is 26.0 Å². The number of amides is 1. The van der Waals surface area contributed by atoms with Crippen LogP contribution in [0.3, 0.4) is 0 Å². The molecule has 0 aliphatic carbocycles. The lowest BCUT2D eigenvalue weighted by Crippen LogP contribution is -2.48. The highest BCUT2D eigenvalue weighted by molar-refractivity contribution is 5.98. The number of nitrogens with zero attached hydrogens (tertiary/aromatic N) is 2. The SMILES string of the molecule is CCOc1ccccc1N1CCN(C(=O)CCC(=O)c2ccc(C)cc2)CC1. The monoisotopic (exact) mass is 380 g/mol. The van der Waals surface area contributed by atoms with E-state index in [9.17, 15) is 9.59 Å². The van der Waals surface area contributed by atoms with Crippen molar-refractivity contribution in [1.29, 1.82) is 0 Å². The van der Waals surface area contributed by atoms with Gasteiger partial charge in [-0.1, -0.05) is 42.0 Å². The largest absolute Gasteiger partial charge is 0.492 e. The molecule has 0 N–H and O–H groups in total. The average molecular weight is 380 g/mol. The number of hydrogen-bond acceptors (Lipinski definition) is 4. The lowest BCUT2D eigenvalue weighted by molar-refractivity contribution is -0.131. The smallest absolute Gasteiger partial charge is 0.223 e. The van der Waals surface area contributed by atoms with Gasteiger partial charge in [-0.25, -0.2) is 0 Å². The first-order chi connectivity index (χ1) is 13.6. The van der Waals surface area contributed by atoms with Gasteiger partial charge in [-0.15, -0.1) is 0 Å². The quantitative estimate of drug-likeness (QED) is 0.687. The summed E-state index contributed by atoms with van der Waals surface area (Å²) in [6.07, 6.45) is 0.525. The van der Waals surface area contributed by atoms with Crippen LogP contribution in [0, 0.1) is 6.92 Å². The topological polar surface area (TPSA) is 49.9 Å². The predicted octanol–water partition coefficient (Wildman–Crippen LogP) is 3.71. The first kappa shape index (κ1) is 19.9. The van der Waals surface area contributed by atoms with E-state index in [1.807, 2.05) is 61.2 Å². The van der Waals surface area contributed by atoms with Crippen LogP contribution in [0.5, 0.6) is 5.75 Å². The molecule has 5 nitrogen and oxygen atoms in total. The molecule has 2 aromatic carbocycles. The number of Topliss-reactive ketones (excluding diaryl/α,β-unsaturated/α-hetero) is 1. The van der Waals surface area contributed by atoms with Gasteiger partial charge in [-0.2, -0.15) is 0 Å². The van der Waals surface area contributed by atoms with E-state index in [2.05, 4.69) is 11.0 Å². The first-order valence-corrected chi connectivity index (χ1v) is 9.93. The summed E-state index contributed by atoms with van der Waals surface area (Å²) in [7, 11) is 0. The van der Waals surface area contributed by atoms with Crippen molar-refractivity contribution in [2.45, 2.75) is 26.7 Å². The van der Waals surface area contributed by atoms with Crippen molar-refractivity contribution in [3.63, 3.8) is 0 Å². The normalized spacial score (nSPS) is 14.1. The highest BCUT2D eigenvalue weighted by atomic mass is 16.5. The predicted molar refractivity (Wildman–Crippen MR) is 111 cm³/mol. The Morgan fingerprint density at radius 3 is 2.29 bits per heavy atom. The molecule has 148 valence electrons. The number of carbonyl (C=O) groups is 2. The zero-order valence-electron chi connectivity index (χ0n) is 16.7. The van der Waals surface area contributed by atoms with Crippen LogP contribution >= 0.6 is 0 Å². The number of rotatable bonds is 7. The van der Waals surface area contributed by atoms with Crippen LogP contribution in [0.1, 0.15) is 35.7 Å². The molecule has 0 spiro atoms. The van der Waals surface area contributed by atoms with Gasteiger partial charge in [0.1, 0.15) is 5.75 Å². The van der Waals surface area contributed by atoms with Gasteiger partial charge < -0.3 is 14.5 Å². The van der Waals surface area contributed by atoms with E-state index in [1.54, 1.807) is 0 Å².